The Morgan fingerprint density at radius 2 is 1.81 bits per heavy atom. The van der Waals surface area contributed by atoms with Crippen LogP contribution in [0.3, 0.4) is 0 Å². The second-order valence-corrected chi connectivity index (χ2v) is 7.49. The normalized spacial score (nSPS) is 19.7. The summed E-state index contributed by atoms with van der Waals surface area (Å²) in [5.74, 6) is 1.35. The summed E-state index contributed by atoms with van der Waals surface area (Å²) in [6.45, 7) is 5.86. The van der Waals surface area contributed by atoms with E-state index in [1.165, 1.54) is 0 Å². The van der Waals surface area contributed by atoms with Crippen molar-refractivity contribution >= 4 is 0 Å². The average Bonchev–Trinajstić information content (AvgIpc) is 2.59. The molecule has 2 aromatic carbocycles. The van der Waals surface area contributed by atoms with Crippen molar-refractivity contribution in [1.29, 1.82) is 0 Å². The second kappa shape index (κ2) is 7.08. The molecule has 146 valence electrons. The highest BCUT2D eigenvalue weighted by Crippen LogP contribution is 2.45. The molecule has 6 heteroatoms. The van der Waals surface area contributed by atoms with E-state index in [0.29, 0.717) is 17.9 Å². The Labute approximate surface area is 157 Å². The van der Waals surface area contributed by atoms with Crippen LogP contribution in [-0.4, -0.2) is 18.9 Å². The molecule has 2 aromatic rings. The Balaban J connectivity index is 1.96. The third-order valence-corrected chi connectivity index (χ3v) is 4.80. The molecule has 1 aliphatic heterocycles. The van der Waals surface area contributed by atoms with E-state index in [9.17, 15) is 13.2 Å². The third-order valence-electron chi connectivity index (χ3n) is 4.80. The molecule has 1 heterocycles. The Morgan fingerprint density at radius 3 is 2.41 bits per heavy atom. The van der Waals surface area contributed by atoms with E-state index < -0.39 is 17.3 Å². The van der Waals surface area contributed by atoms with Gasteiger partial charge in [-0.1, -0.05) is 18.2 Å². The summed E-state index contributed by atoms with van der Waals surface area (Å²) < 4.78 is 50.5. The molecule has 0 amide bonds. The molecule has 2 atom stereocenters. The van der Waals surface area contributed by atoms with Crippen molar-refractivity contribution in [1.82, 2.24) is 5.32 Å². The Morgan fingerprint density at radius 1 is 1.15 bits per heavy atom. The molecule has 1 N–H and O–H groups in total. The van der Waals surface area contributed by atoms with Gasteiger partial charge in [-0.05, 0) is 58.0 Å². The highest BCUT2D eigenvalue weighted by atomic mass is 19.4. The smallest absolute Gasteiger partial charge is 0.416 e. The summed E-state index contributed by atoms with van der Waals surface area (Å²) in [5.41, 5.74) is 0.729. The lowest BCUT2D eigenvalue weighted by Gasteiger charge is -2.38. The van der Waals surface area contributed by atoms with Gasteiger partial charge in [-0.3, -0.25) is 5.32 Å². The number of alkyl halides is 3. The number of hydrogen-bond acceptors (Lipinski definition) is 3. The van der Waals surface area contributed by atoms with Gasteiger partial charge in [0.1, 0.15) is 23.3 Å². The lowest BCUT2D eigenvalue weighted by atomic mass is 9.80. The predicted octanol–water partition coefficient (Wildman–Crippen LogP) is 5.34. The van der Waals surface area contributed by atoms with Crippen LogP contribution in [0.1, 0.15) is 49.8 Å². The number of hydrogen-bond donors (Lipinski definition) is 1. The Hall–Kier alpha value is -2.21. The van der Waals surface area contributed by atoms with Crippen LogP contribution in [0.5, 0.6) is 11.5 Å². The molecule has 0 bridgehead atoms. The van der Waals surface area contributed by atoms with Crippen LogP contribution < -0.4 is 14.8 Å². The van der Waals surface area contributed by atoms with E-state index in [1.54, 1.807) is 12.1 Å². The number of halogens is 3. The monoisotopic (exact) mass is 379 g/mol. The van der Waals surface area contributed by atoms with Crippen molar-refractivity contribution in [3.63, 3.8) is 0 Å². The number of benzene rings is 2. The predicted molar refractivity (Wildman–Crippen MR) is 98.2 cm³/mol. The third kappa shape index (κ3) is 4.38. The first-order valence-electron chi connectivity index (χ1n) is 8.93. The largest absolute Gasteiger partial charge is 0.487 e. The van der Waals surface area contributed by atoms with Crippen LogP contribution in [0.15, 0.2) is 42.5 Å². The summed E-state index contributed by atoms with van der Waals surface area (Å²) in [4.78, 5) is 0. The molecule has 0 saturated heterocycles. The highest BCUT2D eigenvalue weighted by molar-refractivity contribution is 5.49. The zero-order valence-corrected chi connectivity index (χ0v) is 15.9. The van der Waals surface area contributed by atoms with Gasteiger partial charge in [-0.15, -0.1) is 0 Å². The molecule has 3 nitrogen and oxygen atoms in total. The number of rotatable bonds is 4. The lowest BCUT2D eigenvalue weighted by molar-refractivity contribution is -0.137. The Bertz CT molecular complexity index is 800. The van der Waals surface area contributed by atoms with Crippen molar-refractivity contribution < 1.29 is 22.6 Å². The molecular formula is C21H24F3NO2. The maximum atomic E-state index is 12.9. The number of nitrogens with one attached hydrogen (secondary N) is 1. The van der Waals surface area contributed by atoms with Gasteiger partial charge >= 0.3 is 6.18 Å². The Kier molecular flexibility index (Phi) is 5.12. The topological polar surface area (TPSA) is 30.5 Å². The van der Waals surface area contributed by atoms with E-state index in [1.807, 2.05) is 46.0 Å². The summed E-state index contributed by atoms with van der Waals surface area (Å²) in [6.07, 6.45) is -3.80. The molecule has 0 saturated carbocycles. The van der Waals surface area contributed by atoms with Crippen LogP contribution in [0.2, 0.25) is 0 Å². The van der Waals surface area contributed by atoms with E-state index in [0.717, 1.165) is 23.3 Å². The first kappa shape index (κ1) is 19.5. The van der Waals surface area contributed by atoms with Crippen molar-refractivity contribution in [3.05, 3.63) is 59.2 Å². The molecule has 0 radical (unpaired) electrons. The van der Waals surface area contributed by atoms with Gasteiger partial charge in [0.15, 0.2) is 0 Å². The fourth-order valence-corrected chi connectivity index (χ4v) is 3.37. The minimum atomic E-state index is -4.33. The molecular weight excluding hydrogens is 355 g/mol. The molecule has 1 aliphatic rings. The summed E-state index contributed by atoms with van der Waals surface area (Å²) in [6, 6.07) is 11.1. The molecule has 27 heavy (non-hydrogen) atoms. The summed E-state index contributed by atoms with van der Waals surface area (Å²) in [7, 11) is 1.81. The lowest BCUT2D eigenvalue weighted by Crippen LogP contribution is -2.35. The second-order valence-electron chi connectivity index (χ2n) is 7.49. The van der Waals surface area contributed by atoms with E-state index in [-0.39, 0.29) is 12.1 Å². The van der Waals surface area contributed by atoms with Crippen LogP contribution in [-0.2, 0) is 6.18 Å². The van der Waals surface area contributed by atoms with Gasteiger partial charge < -0.3 is 9.47 Å². The highest BCUT2D eigenvalue weighted by Gasteiger charge is 2.36. The summed E-state index contributed by atoms with van der Waals surface area (Å²) >= 11 is 0. The van der Waals surface area contributed by atoms with Crippen LogP contribution in [0.25, 0.3) is 0 Å². The van der Waals surface area contributed by atoms with Gasteiger partial charge in [-0.25, -0.2) is 0 Å². The molecule has 0 spiro atoms. The van der Waals surface area contributed by atoms with Crippen molar-refractivity contribution in [2.75, 3.05) is 7.05 Å². The van der Waals surface area contributed by atoms with Gasteiger partial charge in [0.2, 0.25) is 0 Å². The SMILES string of the molecule is CNC(C)Oc1ccc2c(c1)OC(C)(C)CC2c1ccc(C(F)(F)F)cc1. The molecule has 3 rings (SSSR count). The fraction of sp³-hybridized carbons (Fsp3) is 0.429. The molecule has 0 aromatic heterocycles. The van der Waals surface area contributed by atoms with Gasteiger partial charge in [0.05, 0.1) is 5.56 Å². The minimum absolute atomic E-state index is 0.0400. The molecule has 0 aliphatic carbocycles. The number of ether oxygens (including phenoxy) is 2. The summed E-state index contributed by atoms with van der Waals surface area (Å²) in [5, 5.41) is 3.01. The van der Waals surface area contributed by atoms with Gasteiger partial charge in [0, 0.05) is 17.5 Å². The first-order valence-corrected chi connectivity index (χ1v) is 8.93. The number of fused-ring (bicyclic) bond motifs is 1. The van der Waals surface area contributed by atoms with Crippen LogP contribution in [0.4, 0.5) is 13.2 Å². The van der Waals surface area contributed by atoms with E-state index in [2.05, 4.69) is 5.32 Å². The standard InChI is InChI=1S/C21H24F3NO2/c1-13(25-4)26-16-9-10-17-18(12-20(2,3)27-19(17)11-16)14-5-7-15(8-6-14)21(22,23)24/h5-11,13,18,25H,12H2,1-4H3. The van der Waals surface area contributed by atoms with Crippen molar-refractivity contribution in [3.8, 4) is 11.5 Å². The van der Waals surface area contributed by atoms with Crippen molar-refractivity contribution in [2.45, 2.75) is 51.1 Å². The molecule has 0 fully saturated rings. The zero-order chi connectivity index (χ0) is 19.8. The zero-order valence-electron chi connectivity index (χ0n) is 15.9. The fourth-order valence-electron chi connectivity index (χ4n) is 3.37. The van der Waals surface area contributed by atoms with E-state index >= 15 is 0 Å². The minimum Gasteiger partial charge on any atom is -0.487 e. The molecule has 2 unspecified atom stereocenters. The van der Waals surface area contributed by atoms with Crippen molar-refractivity contribution in [2.24, 2.45) is 0 Å². The van der Waals surface area contributed by atoms with Crippen LogP contribution in [0, 0.1) is 0 Å². The maximum absolute atomic E-state index is 12.9. The quantitative estimate of drug-likeness (QED) is 0.727. The van der Waals surface area contributed by atoms with Gasteiger partial charge in [-0.2, -0.15) is 13.2 Å². The van der Waals surface area contributed by atoms with Gasteiger partial charge in [0.25, 0.3) is 0 Å². The average molecular weight is 379 g/mol. The van der Waals surface area contributed by atoms with Crippen LogP contribution >= 0.6 is 0 Å². The maximum Gasteiger partial charge on any atom is 0.416 e. The van der Waals surface area contributed by atoms with E-state index in [4.69, 9.17) is 9.47 Å². The first-order chi connectivity index (χ1) is 12.6.